The number of hydrogen-bond acceptors (Lipinski definition) is 3. The fraction of sp³-hybridized carbons (Fsp3) is 0.625. The minimum Gasteiger partial charge on any atom is -0.351 e. The molecule has 116 valence electrons. The van der Waals surface area contributed by atoms with E-state index < -0.39 is 0 Å². The van der Waals surface area contributed by atoms with Gasteiger partial charge in [0.2, 0.25) is 0 Å². The normalized spacial score (nSPS) is 16.5. The molecule has 4 nitrogen and oxygen atoms in total. The van der Waals surface area contributed by atoms with Gasteiger partial charge in [-0.1, -0.05) is 31.4 Å². The van der Waals surface area contributed by atoms with E-state index in [1.165, 1.54) is 25.7 Å². The molecule has 0 atom stereocenters. The zero-order valence-corrected chi connectivity index (χ0v) is 13.5. The summed E-state index contributed by atoms with van der Waals surface area (Å²) in [4.78, 5) is 18.8. The van der Waals surface area contributed by atoms with E-state index in [9.17, 15) is 4.79 Å². The Hall–Kier alpha value is -1.13. The zero-order valence-electron chi connectivity index (χ0n) is 12.7. The Bertz CT molecular complexity index is 471. The van der Waals surface area contributed by atoms with Crippen LogP contribution in [-0.4, -0.2) is 42.0 Å². The van der Waals surface area contributed by atoms with Crippen molar-refractivity contribution in [3.63, 3.8) is 0 Å². The van der Waals surface area contributed by atoms with Crippen LogP contribution in [-0.2, 0) is 6.42 Å². The highest BCUT2D eigenvalue weighted by atomic mass is 35.5. The first kappa shape index (κ1) is 16.2. The summed E-state index contributed by atoms with van der Waals surface area (Å²) < 4.78 is 0. The van der Waals surface area contributed by atoms with Gasteiger partial charge in [-0.05, 0) is 44.5 Å². The van der Waals surface area contributed by atoms with Crippen molar-refractivity contribution in [2.45, 2.75) is 39.0 Å². The van der Waals surface area contributed by atoms with Crippen LogP contribution in [0.25, 0.3) is 0 Å². The number of carbonyl (C=O) groups is 1. The second-order valence-corrected chi connectivity index (χ2v) is 5.92. The molecule has 1 aromatic heterocycles. The van der Waals surface area contributed by atoms with Crippen LogP contribution in [0.15, 0.2) is 12.1 Å². The Morgan fingerprint density at radius 3 is 2.67 bits per heavy atom. The van der Waals surface area contributed by atoms with Crippen molar-refractivity contribution in [2.75, 3.05) is 26.2 Å². The Balaban J connectivity index is 1.82. The quantitative estimate of drug-likeness (QED) is 0.851. The summed E-state index contributed by atoms with van der Waals surface area (Å²) in [6.45, 7) is 5.90. The molecule has 0 bridgehead atoms. The number of aromatic nitrogens is 1. The molecule has 1 aromatic rings. The number of halogens is 1. The molecular weight excluding hydrogens is 286 g/mol. The molecule has 5 heteroatoms. The average molecular weight is 310 g/mol. The third kappa shape index (κ3) is 5.29. The van der Waals surface area contributed by atoms with Crippen molar-refractivity contribution in [2.24, 2.45) is 0 Å². The van der Waals surface area contributed by atoms with Gasteiger partial charge in [-0.15, -0.1) is 0 Å². The number of likely N-dealkylation sites (tertiary alicyclic amines) is 1. The molecule has 0 radical (unpaired) electrons. The average Bonchev–Trinajstić information content (AvgIpc) is 2.75. The second-order valence-electron chi connectivity index (χ2n) is 5.54. The molecule has 2 rings (SSSR count). The lowest BCUT2D eigenvalue weighted by Crippen LogP contribution is -2.35. The largest absolute Gasteiger partial charge is 0.351 e. The number of nitrogens with one attached hydrogen (secondary N) is 1. The molecule has 0 unspecified atom stereocenters. The summed E-state index contributed by atoms with van der Waals surface area (Å²) in [5.41, 5.74) is 1.45. The van der Waals surface area contributed by atoms with Crippen molar-refractivity contribution >= 4 is 17.5 Å². The third-order valence-corrected chi connectivity index (χ3v) is 4.08. The molecule has 0 aliphatic carbocycles. The Labute approximate surface area is 131 Å². The van der Waals surface area contributed by atoms with Crippen LogP contribution in [0.2, 0.25) is 5.15 Å². The Kier molecular flexibility index (Phi) is 6.46. The van der Waals surface area contributed by atoms with E-state index in [1.807, 2.05) is 13.0 Å². The Morgan fingerprint density at radius 2 is 2.00 bits per heavy atom. The van der Waals surface area contributed by atoms with Gasteiger partial charge < -0.3 is 10.2 Å². The van der Waals surface area contributed by atoms with E-state index in [-0.39, 0.29) is 5.91 Å². The molecule has 1 saturated heterocycles. The molecule has 0 spiro atoms. The van der Waals surface area contributed by atoms with Gasteiger partial charge in [-0.2, -0.15) is 0 Å². The number of amides is 1. The number of pyridine rings is 1. The van der Waals surface area contributed by atoms with E-state index in [1.54, 1.807) is 6.07 Å². The van der Waals surface area contributed by atoms with Gasteiger partial charge >= 0.3 is 0 Å². The highest BCUT2D eigenvalue weighted by Crippen LogP contribution is 2.12. The monoisotopic (exact) mass is 309 g/mol. The Morgan fingerprint density at radius 1 is 1.29 bits per heavy atom. The zero-order chi connectivity index (χ0) is 15.1. The topological polar surface area (TPSA) is 45.2 Å². The first-order chi connectivity index (χ1) is 10.2. The molecule has 0 aromatic carbocycles. The minimum absolute atomic E-state index is 0.0659. The van der Waals surface area contributed by atoms with Gasteiger partial charge in [0.15, 0.2) is 0 Å². The van der Waals surface area contributed by atoms with E-state index in [2.05, 4.69) is 15.2 Å². The SMILES string of the molecule is CCc1cc(C(=O)NCCN2CCCCCC2)cc(Cl)n1. The summed E-state index contributed by atoms with van der Waals surface area (Å²) in [6.07, 6.45) is 5.98. The molecule has 1 fully saturated rings. The third-order valence-electron chi connectivity index (χ3n) is 3.88. The maximum Gasteiger partial charge on any atom is 0.251 e. The van der Waals surface area contributed by atoms with E-state index >= 15 is 0 Å². The first-order valence-corrected chi connectivity index (χ1v) is 8.24. The van der Waals surface area contributed by atoms with Crippen LogP contribution in [0.4, 0.5) is 0 Å². The van der Waals surface area contributed by atoms with Crippen molar-refractivity contribution in [1.29, 1.82) is 0 Å². The van der Waals surface area contributed by atoms with E-state index in [0.29, 0.717) is 17.3 Å². The van der Waals surface area contributed by atoms with Gasteiger partial charge in [-0.25, -0.2) is 4.98 Å². The second kappa shape index (κ2) is 8.35. The van der Waals surface area contributed by atoms with E-state index in [0.717, 1.165) is 31.7 Å². The lowest BCUT2D eigenvalue weighted by Gasteiger charge is -2.19. The molecule has 1 amide bonds. The number of aryl methyl sites for hydroxylation is 1. The molecule has 1 aliphatic heterocycles. The highest BCUT2D eigenvalue weighted by molar-refractivity contribution is 6.29. The van der Waals surface area contributed by atoms with Gasteiger partial charge in [0, 0.05) is 24.3 Å². The van der Waals surface area contributed by atoms with Crippen LogP contribution < -0.4 is 5.32 Å². The predicted molar refractivity (Wildman–Crippen MR) is 85.9 cm³/mol. The predicted octanol–water partition coefficient (Wildman–Crippen LogP) is 2.90. The summed E-state index contributed by atoms with van der Waals surface area (Å²) in [5.74, 6) is -0.0659. The minimum atomic E-state index is -0.0659. The summed E-state index contributed by atoms with van der Waals surface area (Å²) >= 11 is 5.95. The molecule has 21 heavy (non-hydrogen) atoms. The van der Waals surface area contributed by atoms with Crippen molar-refractivity contribution in [3.05, 3.63) is 28.5 Å². The van der Waals surface area contributed by atoms with E-state index in [4.69, 9.17) is 11.6 Å². The molecule has 0 saturated carbocycles. The summed E-state index contributed by atoms with van der Waals surface area (Å²) in [6, 6.07) is 3.44. The van der Waals surface area contributed by atoms with Crippen molar-refractivity contribution in [3.8, 4) is 0 Å². The summed E-state index contributed by atoms with van der Waals surface area (Å²) in [5, 5.41) is 3.36. The van der Waals surface area contributed by atoms with Gasteiger partial charge in [0.05, 0.1) is 0 Å². The van der Waals surface area contributed by atoms with Crippen LogP contribution >= 0.6 is 11.6 Å². The standard InChI is InChI=1S/C16H24ClN3O/c1-2-14-11-13(12-15(17)19-14)16(21)18-7-10-20-8-5-3-4-6-9-20/h11-12H,2-10H2,1H3,(H,18,21). The van der Waals surface area contributed by atoms with Gasteiger partial charge in [0.1, 0.15) is 5.15 Å². The highest BCUT2D eigenvalue weighted by Gasteiger charge is 2.11. The maximum atomic E-state index is 12.2. The lowest BCUT2D eigenvalue weighted by atomic mass is 10.2. The van der Waals surface area contributed by atoms with Gasteiger partial charge in [0.25, 0.3) is 5.91 Å². The first-order valence-electron chi connectivity index (χ1n) is 7.86. The number of nitrogens with zero attached hydrogens (tertiary/aromatic N) is 2. The molecule has 1 aliphatic rings. The van der Waals surface area contributed by atoms with Crippen molar-refractivity contribution < 1.29 is 4.79 Å². The lowest BCUT2D eigenvalue weighted by molar-refractivity contribution is 0.0948. The fourth-order valence-electron chi connectivity index (χ4n) is 2.65. The molecular formula is C16H24ClN3O. The van der Waals surface area contributed by atoms with Crippen LogP contribution in [0.3, 0.4) is 0 Å². The van der Waals surface area contributed by atoms with Gasteiger partial charge in [-0.3, -0.25) is 4.79 Å². The summed E-state index contributed by atoms with van der Waals surface area (Å²) in [7, 11) is 0. The smallest absolute Gasteiger partial charge is 0.251 e. The van der Waals surface area contributed by atoms with Crippen LogP contribution in [0.1, 0.15) is 48.7 Å². The number of rotatable bonds is 5. The van der Waals surface area contributed by atoms with Crippen LogP contribution in [0.5, 0.6) is 0 Å². The molecule has 1 N–H and O–H groups in total. The fourth-order valence-corrected chi connectivity index (χ4v) is 2.88. The molecule has 2 heterocycles. The maximum absolute atomic E-state index is 12.2. The number of carbonyl (C=O) groups excluding carboxylic acids is 1. The van der Waals surface area contributed by atoms with Crippen LogP contribution in [0, 0.1) is 0 Å². The number of hydrogen-bond donors (Lipinski definition) is 1. The van der Waals surface area contributed by atoms with Crippen molar-refractivity contribution in [1.82, 2.24) is 15.2 Å².